The molecule has 1 fully saturated rings. The minimum absolute atomic E-state index is 0.219. The topological polar surface area (TPSA) is 79.2 Å². The van der Waals surface area contributed by atoms with E-state index in [0.29, 0.717) is 18.0 Å². The van der Waals surface area contributed by atoms with Crippen molar-refractivity contribution in [3.05, 3.63) is 35.5 Å². The van der Waals surface area contributed by atoms with Crippen LogP contribution in [0.15, 0.2) is 27.6 Å². The van der Waals surface area contributed by atoms with E-state index in [1.165, 1.54) is 10.5 Å². The minimum atomic E-state index is -3.53. The summed E-state index contributed by atoms with van der Waals surface area (Å²) in [4.78, 5) is 0.243. The van der Waals surface area contributed by atoms with Gasteiger partial charge in [-0.15, -0.1) is 0 Å². The molecule has 1 saturated heterocycles. The highest BCUT2D eigenvalue weighted by Gasteiger charge is 2.38. The molecule has 0 bridgehead atoms. The van der Waals surface area contributed by atoms with Gasteiger partial charge in [-0.2, -0.15) is 9.40 Å². The van der Waals surface area contributed by atoms with Gasteiger partial charge in [-0.05, 0) is 38.8 Å². The van der Waals surface area contributed by atoms with Gasteiger partial charge in [-0.3, -0.25) is 5.10 Å². The molecule has 1 aliphatic rings. The molecule has 3 heterocycles. The molecular formula is C13H17N3O3S. The molecule has 0 aliphatic carbocycles. The van der Waals surface area contributed by atoms with E-state index in [9.17, 15) is 8.42 Å². The van der Waals surface area contributed by atoms with Crippen LogP contribution >= 0.6 is 0 Å². The molecule has 1 aliphatic heterocycles. The zero-order chi connectivity index (χ0) is 14.3. The predicted octanol–water partition coefficient (Wildman–Crippen LogP) is 2.15. The summed E-state index contributed by atoms with van der Waals surface area (Å²) in [6.45, 7) is 4.08. The van der Waals surface area contributed by atoms with Crippen LogP contribution in [-0.2, 0) is 10.0 Å². The van der Waals surface area contributed by atoms with Crippen LogP contribution in [0, 0.1) is 13.8 Å². The fraction of sp³-hybridized carbons (Fsp3) is 0.462. The number of H-pyrrole nitrogens is 1. The minimum Gasteiger partial charge on any atom is -0.465 e. The van der Waals surface area contributed by atoms with Crippen molar-refractivity contribution in [3.63, 3.8) is 0 Å². The van der Waals surface area contributed by atoms with Crippen LogP contribution < -0.4 is 0 Å². The normalized spacial score (nSPS) is 20.6. The number of sulfonamides is 1. The molecule has 0 spiro atoms. The van der Waals surface area contributed by atoms with Crippen LogP contribution in [0.4, 0.5) is 0 Å². The Morgan fingerprint density at radius 2 is 2.20 bits per heavy atom. The fourth-order valence-electron chi connectivity index (χ4n) is 2.67. The molecule has 0 saturated carbocycles. The van der Waals surface area contributed by atoms with Crippen molar-refractivity contribution in [1.82, 2.24) is 14.5 Å². The lowest BCUT2D eigenvalue weighted by Gasteiger charge is -2.22. The Kier molecular flexibility index (Phi) is 3.18. The van der Waals surface area contributed by atoms with Gasteiger partial charge in [-0.25, -0.2) is 8.42 Å². The maximum atomic E-state index is 12.7. The SMILES string of the molecule is Cc1ccc([C@H]2CCCN2S(=O)(=O)c2cn[nH]c2C)o1. The van der Waals surface area contributed by atoms with E-state index in [-0.39, 0.29) is 10.9 Å². The Morgan fingerprint density at radius 1 is 1.40 bits per heavy atom. The molecule has 0 unspecified atom stereocenters. The van der Waals surface area contributed by atoms with Crippen molar-refractivity contribution in [2.45, 2.75) is 37.6 Å². The first-order valence-electron chi connectivity index (χ1n) is 6.58. The molecule has 20 heavy (non-hydrogen) atoms. The molecule has 0 amide bonds. The van der Waals surface area contributed by atoms with Gasteiger partial charge in [0.1, 0.15) is 16.4 Å². The fourth-order valence-corrected chi connectivity index (χ4v) is 4.46. The van der Waals surface area contributed by atoms with Crippen LogP contribution in [0.5, 0.6) is 0 Å². The maximum absolute atomic E-state index is 12.7. The summed E-state index contributed by atoms with van der Waals surface area (Å²) in [6, 6.07) is 3.50. The predicted molar refractivity (Wildman–Crippen MR) is 72.6 cm³/mol. The number of aromatic nitrogens is 2. The van der Waals surface area contributed by atoms with Crippen molar-refractivity contribution in [2.24, 2.45) is 0 Å². The van der Waals surface area contributed by atoms with Gasteiger partial charge in [0.25, 0.3) is 0 Å². The largest absolute Gasteiger partial charge is 0.465 e. The van der Waals surface area contributed by atoms with Gasteiger partial charge in [0.15, 0.2) is 0 Å². The molecule has 0 aromatic carbocycles. The molecule has 2 aromatic rings. The summed E-state index contributed by atoms with van der Waals surface area (Å²) in [7, 11) is -3.53. The van der Waals surface area contributed by atoms with Crippen molar-refractivity contribution in [1.29, 1.82) is 0 Å². The van der Waals surface area contributed by atoms with E-state index in [2.05, 4.69) is 10.2 Å². The number of nitrogens with zero attached hydrogens (tertiary/aromatic N) is 2. The van der Waals surface area contributed by atoms with Crippen LogP contribution in [0.25, 0.3) is 0 Å². The van der Waals surface area contributed by atoms with Gasteiger partial charge >= 0.3 is 0 Å². The van der Waals surface area contributed by atoms with E-state index in [0.717, 1.165) is 18.6 Å². The Labute approximate surface area is 117 Å². The third kappa shape index (κ3) is 2.06. The zero-order valence-corrected chi connectivity index (χ0v) is 12.3. The van der Waals surface area contributed by atoms with Crippen molar-refractivity contribution in [2.75, 3.05) is 6.54 Å². The Bertz CT molecular complexity index is 717. The second-order valence-corrected chi connectivity index (χ2v) is 6.94. The second kappa shape index (κ2) is 4.75. The van der Waals surface area contributed by atoms with Crippen LogP contribution in [-0.4, -0.2) is 29.5 Å². The first-order valence-corrected chi connectivity index (χ1v) is 8.02. The molecule has 6 nitrogen and oxygen atoms in total. The monoisotopic (exact) mass is 295 g/mol. The third-order valence-corrected chi connectivity index (χ3v) is 5.69. The van der Waals surface area contributed by atoms with E-state index in [1.54, 1.807) is 6.92 Å². The quantitative estimate of drug-likeness (QED) is 0.941. The number of hydrogen-bond donors (Lipinski definition) is 1. The summed E-state index contributed by atoms with van der Waals surface area (Å²) >= 11 is 0. The van der Waals surface area contributed by atoms with Gasteiger partial charge in [-0.1, -0.05) is 0 Å². The highest BCUT2D eigenvalue weighted by atomic mass is 32.2. The molecule has 7 heteroatoms. The number of nitrogens with one attached hydrogen (secondary N) is 1. The van der Waals surface area contributed by atoms with E-state index in [1.807, 2.05) is 19.1 Å². The number of aromatic amines is 1. The third-order valence-electron chi connectivity index (χ3n) is 3.66. The average molecular weight is 295 g/mol. The van der Waals surface area contributed by atoms with E-state index in [4.69, 9.17) is 4.42 Å². The average Bonchev–Trinajstić information content (AvgIpc) is 3.07. The van der Waals surface area contributed by atoms with Crippen molar-refractivity contribution < 1.29 is 12.8 Å². The van der Waals surface area contributed by atoms with Crippen molar-refractivity contribution in [3.8, 4) is 0 Å². The number of hydrogen-bond acceptors (Lipinski definition) is 4. The highest BCUT2D eigenvalue weighted by molar-refractivity contribution is 7.89. The first kappa shape index (κ1) is 13.4. The summed E-state index contributed by atoms with van der Waals surface area (Å²) in [5.74, 6) is 1.51. The Balaban J connectivity index is 1.99. The second-order valence-electron chi connectivity index (χ2n) is 5.08. The lowest BCUT2D eigenvalue weighted by Crippen LogP contribution is -2.30. The van der Waals surface area contributed by atoms with E-state index < -0.39 is 10.0 Å². The Morgan fingerprint density at radius 3 is 2.80 bits per heavy atom. The summed E-state index contributed by atoms with van der Waals surface area (Å²) in [6.07, 6.45) is 2.98. The van der Waals surface area contributed by atoms with Crippen LogP contribution in [0.2, 0.25) is 0 Å². The summed E-state index contributed by atoms with van der Waals surface area (Å²) in [5.41, 5.74) is 0.561. The lowest BCUT2D eigenvalue weighted by molar-refractivity contribution is 0.334. The maximum Gasteiger partial charge on any atom is 0.247 e. The molecule has 1 N–H and O–H groups in total. The molecule has 108 valence electrons. The van der Waals surface area contributed by atoms with Crippen molar-refractivity contribution >= 4 is 10.0 Å². The molecule has 3 rings (SSSR count). The lowest BCUT2D eigenvalue weighted by atomic mass is 10.2. The van der Waals surface area contributed by atoms with Gasteiger partial charge in [0.2, 0.25) is 10.0 Å². The number of aryl methyl sites for hydroxylation is 2. The standard InChI is InChI=1S/C13H17N3O3S/c1-9-5-6-12(19-9)11-4-3-7-16(11)20(17,18)13-8-14-15-10(13)2/h5-6,8,11H,3-4,7H2,1-2H3,(H,14,15)/t11-/m1/s1. The van der Waals surface area contributed by atoms with Gasteiger partial charge in [0, 0.05) is 6.54 Å². The van der Waals surface area contributed by atoms with E-state index >= 15 is 0 Å². The Hall–Kier alpha value is -1.60. The smallest absolute Gasteiger partial charge is 0.247 e. The molecular weight excluding hydrogens is 278 g/mol. The highest BCUT2D eigenvalue weighted by Crippen LogP contribution is 2.37. The van der Waals surface area contributed by atoms with Gasteiger partial charge in [0.05, 0.1) is 17.9 Å². The van der Waals surface area contributed by atoms with Gasteiger partial charge < -0.3 is 4.42 Å². The first-order chi connectivity index (χ1) is 9.50. The molecule has 2 aromatic heterocycles. The number of rotatable bonds is 3. The number of furan rings is 1. The van der Waals surface area contributed by atoms with Crippen LogP contribution in [0.1, 0.15) is 36.1 Å². The molecule has 0 radical (unpaired) electrons. The summed E-state index contributed by atoms with van der Waals surface area (Å²) in [5, 5.41) is 6.48. The summed E-state index contributed by atoms with van der Waals surface area (Å²) < 4.78 is 32.6. The molecule has 1 atom stereocenters. The van der Waals surface area contributed by atoms with Crippen LogP contribution in [0.3, 0.4) is 0 Å². The zero-order valence-electron chi connectivity index (χ0n) is 11.5.